The molecule has 0 aliphatic heterocycles. The van der Waals surface area contributed by atoms with Gasteiger partial charge in [0.1, 0.15) is 0 Å². The Morgan fingerprint density at radius 1 is 1.10 bits per heavy atom. The summed E-state index contributed by atoms with van der Waals surface area (Å²) in [6.45, 7) is 11.9. The number of carbonyl (C=O) groups is 1. The Labute approximate surface area is 178 Å². The van der Waals surface area contributed by atoms with Gasteiger partial charge in [0.05, 0.1) is 6.10 Å². The van der Waals surface area contributed by atoms with E-state index >= 15 is 0 Å². The second-order valence-corrected chi connectivity index (χ2v) is 11.8. The van der Waals surface area contributed by atoms with E-state index in [-0.39, 0.29) is 17.4 Å². The molecule has 3 saturated carbocycles. The van der Waals surface area contributed by atoms with Crippen LogP contribution in [0.1, 0.15) is 86.0 Å². The van der Waals surface area contributed by atoms with Crippen LogP contribution in [0.3, 0.4) is 0 Å². The minimum Gasteiger partial charge on any atom is -0.393 e. The molecule has 0 heterocycles. The highest BCUT2D eigenvalue weighted by molar-refractivity contribution is 5.94. The van der Waals surface area contributed by atoms with E-state index in [9.17, 15) is 9.90 Å². The molecule has 4 unspecified atom stereocenters. The highest BCUT2D eigenvalue weighted by atomic mass is 16.3. The first-order valence-corrected chi connectivity index (χ1v) is 12.3. The van der Waals surface area contributed by atoms with Crippen molar-refractivity contribution in [3.05, 3.63) is 23.8 Å². The Balaban J connectivity index is 1.58. The molecule has 4 aliphatic rings. The molecule has 8 atom stereocenters. The molecule has 0 saturated heterocycles. The first-order valence-electron chi connectivity index (χ1n) is 12.3. The van der Waals surface area contributed by atoms with Crippen molar-refractivity contribution >= 4 is 5.78 Å². The number of ketones is 1. The number of hydrogen-bond acceptors (Lipinski definition) is 2. The van der Waals surface area contributed by atoms with Crippen LogP contribution >= 0.6 is 0 Å². The highest BCUT2D eigenvalue weighted by Crippen LogP contribution is 2.66. The molecule has 3 fully saturated rings. The van der Waals surface area contributed by atoms with E-state index in [1.54, 1.807) is 0 Å². The zero-order valence-electron chi connectivity index (χ0n) is 19.3. The van der Waals surface area contributed by atoms with E-state index in [1.807, 2.05) is 6.08 Å². The number of aliphatic hydroxyl groups is 1. The van der Waals surface area contributed by atoms with Crippen LogP contribution in [0.15, 0.2) is 23.8 Å². The predicted molar refractivity (Wildman–Crippen MR) is 119 cm³/mol. The Morgan fingerprint density at radius 2 is 1.86 bits per heavy atom. The predicted octanol–water partition coefficient (Wildman–Crippen LogP) is 6.34. The lowest BCUT2D eigenvalue weighted by molar-refractivity contribution is -0.134. The molecule has 0 aromatic heterocycles. The van der Waals surface area contributed by atoms with Gasteiger partial charge in [0.15, 0.2) is 5.78 Å². The minimum atomic E-state index is -0.248. The summed E-state index contributed by atoms with van der Waals surface area (Å²) in [6, 6.07) is 0. The molecule has 0 spiro atoms. The SMILES string of the molecule is CC(C)C/C=C/[C@@H](C)C1CCC2C3C(=O)C=C4C[C@@H](O)CC[C@]4(C)C3CC[C@@]21C. The molecule has 162 valence electrons. The van der Waals surface area contributed by atoms with Crippen LogP contribution < -0.4 is 0 Å². The Hall–Kier alpha value is -0.890. The van der Waals surface area contributed by atoms with Crippen molar-refractivity contribution in [2.24, 2.45) is 46.3 Å². The summed E-state index contributed by atoms with van der Waals surface area (Å²) in [5.41, 5.74) is 1.69. The molecule has 4 rings (SSSR count). The lowest BCUT2D eigenvalue weighted by Gasteiger charge is -2.57. The fourth-order valence-electron chi connectivity index (χ4n) is 7.99. The second-order valence-electron chi connectivity index (χ2n) is 11.8. The lowest BCUT2D eigenvalue weighted by Crippen LogP contribution is -2.53. The quantitative estimate of drug-likeness (QED) is 0.561. The zero-order valence-corrected chi connectivity index (χ0v) is 19.3. The molecule has 4 aliphatic carbocycles. The van der Waals surface area contributed by atoms with Crippen LogP contribution in [-0.2, 0) is 4.79 Å². The summed E-state index contributed by atoms with van der Waals surface area (Å²) in [6.07, 6.45) is 15.4. The van der Waals surface area contributed by atoms with Crippen molar-refractivity contribution in [2.45, 2.75) is 92.1 Å². The van der Waals surface area contributed by atoms with Crippen molar-refractivity contribution in [3.63, 3.8) is 0 Å². The van der Waals surface area contributed by atoms with Gasteiger partial charge in [-0.25, -0.2) is 0 Å². The maximum atomic E-state index is 13.4. The average molecular weight is 399 g/mol. The van der Waals surface area contributed by atoms with Gasteiger partial charge in [-0.1, -0.05) is 52.3 Å². The van der Waals surface area contributed by atoms with Gasteiger partial charge in [0, 0.05) is 5.92 Å². The number of fused-ring (bicyclic) bond motifs is 5. The third kappa shape index (κ3) is 3.48. The third-order valence-electron chi connectivity index (χ3n) is 9.68. The summed E-state index contributed by atoms with van der Waals surface area (Å²) in [5, 5.41) is 10.2. The zero-order chi connectivity index (χ0) is 21.0. The van der Waals surface area contributed by atoms with Gasteiger partial charge < -0.3 is 5.11 Å². The Bertz CT molecular complexity index is 703. The van der Waals surface area contributed by atoms with Gasteiger partial charge in [0.2, 0.25) is 0 Å². The molecule has 2 heteroatoms. The summed E-state index contributed by atoms with van der Waals surface area (Å²) in [4.78, 5) is 13.4. The second kappa shape index (κ2) is 7.66. The van der Waals surface area contributed by atoms with E-state index in [0.29, 0.717) is 41.3 Å². The molecular formula is C27H42O2. The third-order valence-corrected chi connectivity index (χ3v) is 9.68. The highest BCUT2D eigenvalue weighted by Gasteiger charge is 2.61. The van der Waals surface area contributed by atoms with Gasteiger partial charge in [-0.05, 0) is 97.9 Å². The van der Waals surface area contributed by atoms with E-state index in [0.717, 1.165) is 25.2 Å². The normalized spacial score (nSPS) is 45.7. The van der Waals surface area contributed by atoms with Gasteiger partial charge in [-0.15, -0.1) is 0 Å². The topological polar surface area (TPSA) is 37.3 Å². The van der Waals surface area contributed by atoms with Crippen molar-refractivity contribution in [2.75, 3.05) is 0 Å². The number of hydrogen-bond donors (Lipinski definition) is 1. The molecule has 29 heavy (non-hydrogen) atoms. The first kappa shape index (κ1) is 21.3. The number of rotatable bonds is 4. The van der Waals surface area contributed by atoms with Crippen LogP contribution in [0.4, 0.5) is 0 Å². The maximum absolute atomic E-state index is 13.4. The average Bonchev–Trinajstić information content (AvgIpc) is 3.00. The van der Waals surface area contributed by atoms with Crippen LogP contribution in [0.5, 0.6) is 0 Å². The summed E-state index contributed by atoms with van der Waals surface area (Å²) in [7, 11) is 0. The molecule has 0 radical (unpaired) electrons. The van der Waals surface area contributed by atoms with Crippen molar-refractivity contribution in [1.82, 2.24) is 0 Å². The van der Waals surface area contributed by atoms with Crippen LogP contribution in [0.25, 0.3) is 0 Å². The summed E-state index contributed by atoms with van der Waals surface area (Å²) < 4.78 is 0. The van der Waals surface area contributed by atoms with Crippen LogP contribution in [0.2, 0.25) is 0 Å². The van der Waals surface area contributed by atoms with Gasteiger partial charge in [0.25, 0.3) is 0 Å². The molecule has 0 amide bonds. The van der Waals surface area contributed by atoms with E-state index in [1.165, 1.54) is 31.3 Å². The van der Waals surface area contributed by atoms with E-state index in [2.05, 4.69) is 46.8 Å². The number of allylic oxidation sites excluding steroid dienone is 3. The van der Waals surface area contributed by atoms with Crippen molar-refractivity contribution in [1.29, 1.82) is 0 Å². The molecule has 2 nitrogen and oxygen atoms in total. The molecular weight excluding hydrogens is 356 g/mol. The lowest BCUT2D eigenvalue weighted by atomic mass is 9.46. The van der Waals surface area contributed by atoms with E-state index < -0.39 is 0 Å². The minimum absolute atomic E-state index is 0.139. The Kier molecular flexibility index (Phi) is 5.64. The van der Waals surface area contributed by atoms with Crippen LogP contribution in [0, 0.1) is 46.3 Å². The molecule has 1 N–H and O–H groups in total. The van der Waals surface area contributed by atoms with Gasteiger partial charge in [-0.3, -0.25) is 4.79 Å². The fourth-order valence-corrected chi connectivity index (χ4v) is 7.99. The van der Waals surface area contributed by atoms with E-state index in [4.69, 9.17) is 0 Å². The van der Waals surface area contributed by atoms with Crippen molar-refractivity contribution < 1.29 is 9.90 Å². The van der Waals surface area contributed by atoms with Gasteiger partial charge >= 0.3 is 0 Å². The first-order chi connectivity index (χ1) is 13.7. The monoisotopic (exact) mass is 398 g/mol. The smallest absolute Gasteiger partial charge is 0.159 e. The Morgan fingerprint density at radius 3 is 2.59 bits per heavy atom. The summed E-state index contributed by atoms with van der Waals surface area (Å²) >= 11 is 0. The standard InChI is InChI=1S/C27H42O2/c1-17(2)7-6-8-18(3)21-9-10-22-25-23(12-14-27(21,22)5)26(4)13-11-20(28)15-19(26)16-24(25)29/h6,8,16-18,20-23,25,28H,7,9-15H2,1-5H3/b8-6+/t18-,20+,21?,22?,23?,25?,26+,27-/m1/s1. The van der Waals surface area contributed by atoms with Crippen LogP contribution in [-0.4, -0.2) is 17.0 Å². The number of aliphatic hydroxyl groups excluding tert-OH is 1. The maximum Gasteiger partial charge on any atom is 0.159 e. The van der Waals surface area contributed by atoms with Crippen molar-refractivity contribution in [3.8, 4) is 0 Å². The summed E-state index contributed by atoms with van der Waals surface area (Å²) in [5.74, 6) is 3.66. The largest absolute Gasteiger partial charge is 0.393 e. The molecule has 0 aromatic carbocycles. The molecule has 0 bridgehead atoms. The fraction of sp³-hybridized carbons (Fsp3) is 0.815. The molecule has 0 aromatic rings. The number of carbonyl (C=O) groups excluding carboxylic acids is 1. The van der Waals surface area contributed by atoms with Gasteiger partial charge in [-0.2, -0.15) is 0 Å².